The summed E-state index contributed by atoms with van der Waals surface area (Å²) in [6.45, 7) is 6.50. The Balaban J connectivity index is 1.69. The van der Waals surface area contributed by atoms with Crippen molar-refractivity contribution >= 4 is 32.8 Å². The summed E-state index contributed by atoms with van der Waals surface area (Å²) in [7, 11) is -0.619. The smallest absolute Gasteiger partial charge is 0.237 e. The molecule has 0 fully saturated rings. The summed E-state index contributed by atoms with van der Waals surface area (Å²) in [5.41, 5.74) is 1.95. The molecule has 3 aromatic heterocycles. The van der Waals surface area contributed by atoms with Crippen LogP contribution in [0.15, 0.2) is 12.1 Å². The van der Waals surface area contributed by atoms with Gasteiger partial charge in [-0.15, -0.1) is 10.2 Å². The summed E-state index contributed by atoms with van der Waals surface area (Å²) in [4.78, 5) is 21.4. The van der Waals surface area contributed by atoms with E-state index in [2.05, 4.69) is 49.3 Å². The fourth-order valence-corrected chi connectivity index (χ4v) is 3.79. The minimum absolute atomic E-state index is 0.140. The van der Waals surface area contributed by atoms with Crippen LogP contribution >= 0.6 is 10.0 Å². The highest BCUT2D eigenvalue weighted by Crippen LogP contribution is 2.35. The van der Waals surface area contributed by atoms with Gasteiger partial charge in [-0.25, -0.2) is 24.7 Å². The fraction of sp³-hybridized carbons (Fsp3) is 0.500. The number of ether oxygens (including phenoxy) is 1. The predicted octanol–water partition coefficient (Wildman–Crippen LogP) is 2.49. The van der Waals surface area contributed by atoms with Gasteiger partial charge in [-0.3, -0.25) is 4.79 Å². The number of carbonyl (C=O) groups is 1. The topological polar surface area (TPSA) is 108 Å². The number of pyridine rings is 1. The van der Waals surface area contributed by atoms with Gasteiger partial charge in [-0.05, 0) is 51.7 Å². The van der Waals surface area contributed by atoms with Crippen LogP contribution in [0.2, 0.25) is 0 Å². The zero-order valence-corrected chi connectivity index (χ0v) is 19.0. The van der Waals surface area contributed by atoms with Gasteiger partial charge in [0.2, 0.25) is 11.7 Å². The molecule has 160 valence electrons. The number of aromatic nitrogens is 6. The Kier molecular flexibility index (Phi) is 5.01. The summed E-state index contributed by atoms with van der Waals surface area (Å²) < 4.78 is 7.61. The number of hydrogen-bond acceptors (Lipinski definition) is 7. The van der Waals surface area contributed by atoms with E-state index in [-0.39, 0.29) is 5.91 Å². The maximum Gasteiger partial charge on any atom is 0.237 e. The molecule has 0 saturated carbocycles. The molecule has 4 rings (SSSR count). The number of carbonyl (C=O) groups excluding carboxylic acids is 1. The minimum atomic E-state index is -0.753. The Morgan fingerprint density at radius 3 is 2.67 bits per heavy atom. The normalized spacial score (nSPS) is 16.0. The monoisotopic (exact) mass is 429 g/mol. The lowest BCUT2D eigenvalue weighted by molar-refractivity contribution is -0.119. The van der Waals surface area contributed by atoms with Crippen LogP contribution in [0.4, 0.5) is 5.82 Å². The summed E-state index contributed by atoms with van der Waals surface area (Å²) in [6, 6.07) is 3.88. The van der Waals surface area contributed by atoms with Crippen LogP contribution in [0, 0.1) is 6.92 Å². The Morgan fingerprint density at radius 1 is 1.17 bits per heavy atom. The van der Waals surface area contributed by atoms with Crippen molar-refractivity contribution in [2.24, 2.45) is 0 Å². The van der Waals surface area contributed by atoms with Crippen molar-refractivity contribution in [3.8, 4) is 11.5 Å². The zero-order valence-electron chi connectivity index (χ0n) is 18.2. The van der Waals surface area contributed by atoms with Crippen LogP contribution in [0.25, 0.3) is 22.6 Å². The first-order valence-electron chi connectivity index (χ1n) is 9.71. The molecule has 9 nitrogen and oxygen atoms in total. The lowest BCUT2D eigenvalue weighted by atomic mass is 9.91. The molecule has 4 heterocycles. The first-order chi connectivity index (χ1) is 14.1. The summed E-state index contributed by atoms with van der Waals surface area (Å²) in [5, 5.41) is 16.8. The predicted molar refractivity (Wildman–Crippen MR) is 119 cm³/mol. The summed E-state index contributed by atoms with van der Waals surface area (Å²) >= 11 is 0. The molecule has 1 amide bonds. The molecule has 0 spiro atoms. The molecule has 1 aliphatic heterocycles. The number of aryl methyl sites for hydroxylation is 1. The van der Waals surface area contributed by atoms with E-state index in [1.54, 1.807) is 18.5 Å². The average molecular weight is 430 g/mol. The molecule has 0 atom stereocenters. The number of fused-ring (bicyclic) bond motifs is 2. The van der Waals surface area contributed by atoms with Crippen LogP contribution in [-0.2, 0) is 21.7 Å². The van der Waals surface area contributed by atoms with E-state index < -0.39 is 15.4 Å². The molecule has 0 aromatic carbocycles. The maximum absolute atomic E-state index is 12.2. The van der Waals surface area contributed by atoms with Gasteiger partial charge in [0, 0.05) is 11.4 Å². The van der Waals surface area contributed by atoms with Crippen LogP contribution in [0.5, 0.6) is 0 Å². The quantitative estimate of drug-likeness (QED) is 0.600. The molecule has 0 radical (unpaired) electrons. The minimum Gasteiger partial charge on any atom is -0.358 e. The average Bonchev–Trinajstić information content (AvgIpc) is 3.12. The van der Waals surface area contributed by atoms with E-state index in [0.29, 0.717) is 42.0 Å². The van der Waals surface area contributed by atoms with Crippen molar-refractivity contribution in [3.05, 3.63) is 23.5 Å². The van der Waals surface area contributed by atoms with Crippen LogP contribution in [-0.4, -0.2) is 67.0 Å². The Hall–Kier alpha value is -2.59. The van der Waals surface area contributed by atoms with E-state index in [0.717, 1.165) is 16.8 Å². The molecule has 10 heteroatoms. The van der Waals surface area contributed by atoms with E-state index >= 15 is 0 Å². The van der Waals surface area contributed by atoms with Crippen molar-refractivity contribution in [3.63, 3.8) is 0 Å². The van der Waals surface area contributed by atoms with E-state index in [1.807, 2.05) is 19.1 Å². The maximum atomic E-state index is 12.2. The van der Waals surface area contributed by atoms with Gasteiger partial charge >= 0.3 is 0 Å². The number of nitrogens with one attached hydrogen (secondary N) is 1. The van der Waals surface area contributed by atoms with Gasteiger partial charge in [0.1, 0.15) is 18.1 Å². The molecular formula is C20H27N7O2S. The summed E-state index contributed by atoms with van der Waals surface area (Å²) in [6.07, 6.45) is 6.79. The second-order valence-corrected chi connectivity index (χ2v) is 13.5. The highest BCUT2D eigenvalue weighted by atomic mass is 32.3. The van der Waals surface area contributed by atoms with Gasteiger partial charge in [0.15, 0.2) is 11.5 Å². The molecular weight excluding hydrogens is 402 g/mol. The third-order valence-corrected chi connectivity index (χ3v) is 6.47. The highest BCUT2D eigenvalue weighted by molar-refractivity contribution is 8.32. The second kappa shape index (κ2) is 7.28. The Labute approximate surface area is 177 Å². The van der Waals surface area contributed by atoms with Crippen molar-refractivity contribution < 1.29 is 9.53 Å². The summed E-state index contributed by atoms with van der Waals surface area (Å²) in [5.74, 6) is 1.67. The van der Waals surface area contributed by atoms with Crippen molar-refractivity contribution in [2.75, 3.05) is 36.4 Å². The van der Waals surface area contributed by atoms with Crippen LogP contribution < -0.4 is 5.32 Å². The molecule has 3 aromatic rings. The van der Waals surface area contributed by atoms with Crippen molar-refractivity contribution in [2.45, 2.75) is 32.9 Å². The number of nitrogens with zero attached hydrogens (tertiary/aromatic N) is 6. The van der Waals surface area contributed by atoms with E-state index in [1.165, 1.54) is 0 Å². The first-order valence-corrected chi connectivity index (χ1v) is 12.7. The molecule has 1 N–H and O–H groups in total. The van der Waals surface area contributed by atoms with Gasteiger partial charge in [-0.2, -0.15) is 5.10 Å². The number of rotatable bonds is 6. The molecule has 0 aliphatic carbocycles. The third-order valence-electron chi connectivity index (χ3n) is 5.08. The largest absolute Gasteiger partial charge is 0.358 e. The van der Waals surface area contributed by atoms with Crippen molar-refractivity contribution in [1.29, 1.82) is 0 Å². The Morgan fingerprint density at radius 2 is 1.93 bits per heavy atom. The number of anilines is 1. The van der Waals surface area contributed by atoms with E-state index in [4.69, 9.17) is 4.74 Å². The van der Waals surface area contributed by atoms with E-state index in [9.17, 15) is 4.79 Å². The van der Waals surface area contributed by atoms with Gasteiger partial charge in [-0.1, -0.05) is 0 Å². The van der Waals surface area contributed by atoms with Crippen LogP contribution in [0.3, 0.4) is 0 Å². The molecule has 0 unspecified atom stereocenters. The molecule has 0 bridgehead atoms. The third kappa shape index (κ3) is 3.77. The second-order valence-electron chi connectivity index (χ2n) is 8.92. The lowest BCUT2D eigenvalue weighted by Crippen LogP contribution is -2.27. The first kappa shape index (κ1) is 20.7. The van der Waals surface area contributed by atoms with Gasteiger partial charge < -0.3 is 10.1 Å². The Bertz CT molecular complexity index is 1130. The number of hydrogen-bond donors (Lipinski definition) is 1. The lowest BCUT2D eigenvalue weighted by Gasteiger charge is -2.24. The molecule has 30 heavy (non-hydrogen) atoms. The van der Waals surface area contributed by atoms with Gasteiger partial charge in [0.05, 0.1) is 17.4 Å². The molecule has 1 aliphatic rings. The SMILES string of the molecule is Cc1ccc2c(-c3nnc4c(n3)NC(=O)C4(C)C)nn(COCCS(C)(C)C)c2n1. The number of amides is 1. The highest BCUT2D eigenvalue weighted by Gasteiger charge is 2.42. The molecule has 0 saturated heterocycles. The standard InChI is InChI=1S/C20H27N7O2S/c1-12-7-8-13-14(16-22-17-15(24-25-16)20(2,3)19(28)23-17)26-27(18(13)21-12)11-29-9-10-30(4,5)6/h7-8H,9-11H2,1-6H3,(H,22,23,25,28). The van der Waals surface area contributed by atoms with Crippen LogP contribution in [0.1, 0.15) is 25.2 Å². The fourth-order valence-electron chi connectivity index (χ4n) is 3.17. The zero-order chi connectivity index (χ0) is 21.7. The van der Waals surface area contributed by atoms with Crippen molar-refractivity contribution in [1.82, 2.24) is 29.9 Å². The van der Waals surface area contributed by atoms with Gasteiger partial charge in [0.25, 0.3) is 0 Å².